The maximum absolute atomic E-state index is 12.0. The van der Waals surface area contributed by atoms with Crippen LogP contribution in [0, 0.1) is 17.0 Å². The minimum absolute atomic E-state index is 0.190. The van der Waals surface area contributed by atoms with E-state index in [2.05, 4.69) is 5.32 Å². The van der Waals surface area contributed by atoms with Crippen molar-refractivity contribution in [3.63, 3.8) is 0 Å². The Morgan fingerprint density at radius 2 is 2.16 bits per heavy atom. The number of hydrogen-bond donors (Lipinski definition) is 2. The molecule has 1 aromatic heterocycles. The largest absolute Gasteiger partial charge is 0.505 e. The number of aryl methyl sites for hydroxylation is 1. The summed E-state index contributed by atoms with van der Waals surface area (Å²) in [6.45, 7) is 1.77. The second-order valence-corrected chi connectivity index (χ2v) is 4.73. The number of carbonyl (C=O) groups is 1. The average Bonchev–Trinajstić information content (AvgIpc) is 2.77. The molecule has 0 saturated heterocycles. The lowest BCUT2D eigenvalue weighted by atomic mass is 10.2. The van der Waals surface area contributed by atoms with Crippen LogP contribution in [0.5, 0.6) is 5.75 Å². The van der Waals surface area contributed by atoms with Crippen LogP contribution >= 0.6 is 11.3 Å². The number of carbonyl (C=O) groups excluding carboxylic acids is 1. The number of nitrogens with one attached hydrogen (secondary N) is 1. The second kappa shape index (κ2) is 5.07. The van der Waals surface area contributed by atoms with Crippen molar-refractivity contribution in [3.05, 3.63) is 50.2 Å². The van der Waals surface area contributed by atoms with E-state index in [-0.39, 0.29) is 17.1 Å². The van der Waals surface area contributed by atoms with Gasteiger partial charge in [-0.15, -0.1) is 11.3 Å². The molecular weight excluding hydrogens is 268 g/mol. The first-order valence-corrected chi connectivity index (χ1v) is 6.20. The summed E-state index contributed by atoms with van der Waals surface area (Å²) in [7, 11) is 0. The molecule has 1 aromatic carbocycles. The van der Waals surface area contributed by atoms with Gasteiger partial charge in [0.25, 0.3) is 11.6 Å². The molecule has 0 unspecified atom stereocenters. The van der Waals surface area contributed by atoms with Crippen molar-refractivity contribution in [1.82, 2.24) is 0 Å². The van der Waals surface area contributed by atoms with Gasteiger partial charge in [0.2, 0.25) is 0 Å². The fourth-order valence-electron chi connectivity index (χ4n) is 1.58. The first-order chi connectivity index (χ1) is 9.00. The standard InChI is InChI=1S/C12H10N2O4S/c1-7-5-6-19-11(7)12(16)13-10-8(14(17)18)3-2-4-9(10)15/h2-6,15H,1H3,(H,13,16). The number of thiophene rings is 1. The molecule has 0 aliphatic heterocycles. The molecule has 98 valence electrons. The lowest BCUT2D eigenvalue weighted by Gasteiger charge is -2.07. The Kier molecular flexibility index (Phi) is 3.48. The summed E-state index contributed by atoms with van der Waals surface area (Å²) in [5.74, 6) is -0.811. The molecule has 19 heavy (non-hydrogen) atoms. The Hall–Kier alpha value is -2.41. The Morgan fingerprint density at radius 3 is 2.74 bits per heavy atom. The van der Waals surface area contributed by atoms with Crippen molar-refractivity contribution in [2.24, 2.45) is 0 Å². The van der Waals surface area contributed by atoms with Crippen LogP contribution in [-0.4, -0.2) is 15.9 Å². The van der Waals surface area contributed by atoms with Crippen LogP contribution in [-0.2, 0) is 0 Å². The lowest BCUT2D eigenvalue weighted by molar-refractivity contribution is -0.384. The van der Waals surface area contributed by atoms with Crippen LogP contribution in [0.4, 0.5) is 11.4 Å². The van der Waals surface area contributed by atoms with Gasteiger partial charge in [-0.05, 0) is 30.0 Å². The van der Waals surface area contributed by atoms with Gasteiger partial charge in [-0.3, -0.25) is 14.9 Å². The number of hydrogen-bond acceptors (Lipinski definition) is 5. The van der Waals surface area contributed by atoms with Crippen molar-refractivity contribution >= 4 is 28.6 Å². The molecule has 0 radical (unpaired) electrons. The Balaban J connectivity index is 2.36. The highest BCUT2D eigenvalue weighted by Gasteiger charge is 2.21. The van der Waals surface area contributed by atoms with Crippen LogP contribution in [0.1, 0.15) is 15.2 Å². The first kappa shape index (κ1) is 13.0. The van der Waals surface area contributed by atoms with Crippen LogP contribution in [0.15, 0.2) is 29.6 Å². The molecule has 7 heteroatoms. The number of phenolic OH excluding ortho intramolecular Hbond substituents is 1. The predicted octanol–water partition coefficient (Wildman–Crippen LogP) is 2.92. The number of nitrogens with zero attached hydrogens (tertiary/aromatic N) is 1. The molecule has 0 aliphatic carbocycles. The monoisotopic (exact) mass is 278 g/mol. The summed E-state index contributed by atoms with van der Waals surface area (Å²) in [6.07, 6.45) is 0. The molecule has 0 spiro atoms. The van der Waals surface area contributed by atoms with Crippen LogP contribution < -0.4 is 5.32 Å². The zero-order valence-electron chi connectivity index (χ0n) is 9.91. The summed E-state index contributed by atoms with van der Waals surface area (Å²) < 4.78 is 0. The minimum Gasteiger partial charge on any atom is -0.505 e. The van der Waals surface area contributed by atoms with E-state index in [0.29, 0.717) is 4.88 Å². The molecule has 0 aliphatic rings. The molecule has 6 nitrogen and oxygen atoms in total. The van der Waals surface area contributed by atoms with Gasteiger partial charge >= 0.3 is 0 Å². The van der Waals surface area contributed by atoms with E-state index in [0.717, 1.165) is 5.56 Å². The van der Waals surface area contributed by atoms with E-state index in [4.69, 9.17) is 0 Å². The second-order valence-electron chi connectivity index (χ2n) is 3.82. The summed E-state index contributed by atoms with van der Waals surface area (Å²) in [4.78, 5) is 22.6. The number of para-hydroxylation sites is 1. The van der Waals surface area contributed by atoms with Gasteiger partial charge in [-0.1, -0.05) is 6.07 Å². The van der Waals surface area contributed by atoms with E-state index in [1.807, 2.05) is 0 Å². The maximum Gasteiger partial charge on any atom is 0.296 e. The zero-order valence-corrected chi connectivity index (χ0v) is 10.7. The Morgan fingerprint density at radius 1 is 1.42 bits per heavy atom. The van der Waals surface area contributed by atoms with Crippen LogP contribution in [0.2, 0.25) is 0 Å². The molecule has 2 N–H and O–H groups in total. The zero-order chi connectivity index (χ0) is 14.0. The fourth-order valence-corrected chi connectivity index (χ4v) is 2.40. The molecule has 2 aromatic rings. The third kappa shape index (κ3) is 2.55. The third-order valence-corrected chi connectivity index (χ3v) is 3.54. The number of benzene rings is 1. The molecule has 1 heterocycles. The molecule has 0 atom stereocenters. The quantitative estimate of drug-likeness (QED) is 0.513. The van der Waals surface area contributed by atoms with Crippen molar-refractivity contribution in [3.8, 4) is 5.75 Å². The van der Waals surface area contributed by atoms with Gasteiger partial charge in [-0.25, -0.2) is 0 Å². The van der Waals surface area contributed by atoms with Gasteiger partial charge < -0.3 is 10.4 Å². The normalized spacial score (nSPS) is 10.2. The molecule has 0 saturated carbocycles. The van der Waals surface area contributed by atoms with Gasteiger partial charge in [0.1, 0.15) is 5.75 Å². The van der Waals surface area contributed by atoms with Crippen molar-refractivity contribution < 1.29 is 14.8 Å². The van der Waals surface area contributed by atoms with Crippen molar-refractivity contribution in [2.75, 3.05) is 5.32 Å². The lowest BCUT2D eigenvalue weighted by Crippen LogP contribution is -2.12. The van der Waals surface area contributed by atoms with Crippen molar-refractivity contribution in [1.29, 1.82) is 0 Å². The number of anilines is 1. The number of amides is 1. The summed E-state index contributed by atoms with van der Waals surface area (Å²) in [5.41, 5.74) is 0.244. The third-order valence-electron chi connectivity index (χ3n) is 2.52. The number of nitro benzene ring substituents is 1. The van der Waals surface area contributed by atoms with E-state index < -0.39 is 10.8 Å². The molecule has 1 amide bonds. The predicted molar refractivity (Wildman–Crippen MR) is 71.8 cm³/mol. The topological polar surface area (TPSA) is 92.5 Å². The first-order valence-electron chi connectivity index (χ1n) is 5.32. The van der Waals surface area contributed by atoms with Gasteiger partial charge in [-0.2, -0.15) is 0 Å². The smallest absolute Gasteiger partial charge is 0.296 e. The minimum atomic E-state index is -0.656. The number of phenols is 1. The van der Waals surface area contributed by atoms with Crippen LogP contribution in [0.25, 0.3) is 0 Å². The Bertz CT molecular complexity index is 651. The van der Waals surface area contributed by atoms with Gasteiger partial charge in [0, 0.05) is 6.07 Å². The van der Waals surface area contributed by atoms with Gasteiger partial charge in [0.15, 0.2) is 5.69 Å². The highest BCUT2D eigenvalue weighted by atomic mass is 32.1. The van der Waals surface area contributed by atoms with Crippen LogP contribution in [0.3, 0.4) is 0 Å². The number of aromatic hydroxyl groups is 1. The summed E-state index contributed by atoms with van der Waals surface area (Å²) in [5, 5.41) is 24.6. The molecule has 2 rings (SSSR count). The maximum atomic E-state index is 12.0. The SMILES string of the molecule is Cc1ccsc1C(=O)Nc1c(O)cccc1[N+](=O)[O-]. The highest BCUT2D eigenvalue weighted by molar-refractivity contribution is 7.12. The van der Waals surface area contributed by atoms with Gasteiger partial charge in [0.05, 0.1) is 9.80 Å². The van der Waals surface area contributed by atoms with E-state index in [1.165, 1.54) is 29.5 Å². The molecule has 0 bridgehead atoms. The Labute approximate surface area is 112 Å². The average molecular weight is 278 g/mol. The summed E-state index contributed by atoms with van der Waals surface area (Å²) >= 11 is 1.23. The van der Waals surface area contributed by atoms with Crippen molar-refractivity contribution in [2.45, 2.75) is 6.92 Å². The highest BCUT2D eigenvalue weighted by Crippen LogP contribution is 2.33. The van der Waals surface area contributed by atoms with E-state index >= 15 is 0 Å². The molecule has 0 fully saturated rings. The molecular formula is C12H10N2O4S. The number of nitro groups is 1. The van der Waals surface area contributed by atoms with E-state index in [1.54, 1.807) is 18.4 Å². The van der Waals surface area contributed by atoms with E-state index in [9.17, 15) is 20.0 Å². The number of rotatable bonds is 3. The summed E-state index contributed by atoms with van der Waals surface area (Å²) in [6, 6.07) is 5.62. The fraction of sp³-hybridized carbons (Fsp3) is 0.0833.